The highest BCUT2D eigenvalue weighted by molar-refractivity contribution is 5.90. The molecule has 2 aliphatic rings. The van der Waals surface area contributed by atoms with E-state index in [1.54, 1.807) is 17.9 Å². The fourth-order valence-electron chi connectivity index (χ4n) is 3.30. The van der Waals surface area contributed by atoms with Gasteiger partial charge < -0.3 is 9.84 Å². The lowest BCUT2D eigenvalue weighted by atomic mass is 10.0. The summed E-state index contributed by atoms with van der Waals surface area (Å²) in [6, 6.07) is 7.40. The van der Waals surface area contributed by atoms with Gasteiger partial charge in [-0.1, -0.05) is 42.2 Å². The fourth-order valence-corrected chi connectivity index (χ4v) is 3.30. The number of ether oxygens (including phenoxy) is 1. The van der Waals surface area contributed by atoms with Gasteiger partial charge in [-0.25, -0.2) is 4.79 Å². The standard InChI is InChI=1S/C24H23N3O4/c1-27-21(26-23(30)31-16-18-5-3-2-4-6-18)20(15-25-27)19-9-7-17(8-10-19)11-12-24(13-14-24)22(28)29/h3,5-10,15H,2,4,13-14,16H2,1H3,(H,26,30)(H,28,29). The molecule has 1 amide bonds. The third kappa shape index (κ3) is 4.69. The second-order valence-electron chi connectivity index (χ2n) is 7.70. The maximum Gasteiger partial charge on any atom is 0.413 e. The Balaban J connectivity index is 1.44. The second kappa shape index (κ2) is 8.52. The van der Waals surface area contributed by atoms with Gasteiger partial charge in [0.25, 0.3) is 0 Å². The molecule has 158 valence electrons. The molecule has 1 saturated carbocycles. The number of nitrogens with zero attached hydrogens (tertiary/aromatic N) is 2. The van der Waals surface area contributed by atoms with E-state index in [0.717, 1.165) is 35.1 Å². The molecule has 1 aromatic heterocycles. The maximum absolute atomic E-state index is 12.3. The van der Waals surface area contributed by atoms with Crippen molar-refractivity contribution in [3.63, 3.8) is 0 Å². The summed E-state index contributed by atoms with van der Waals surface area (Å²) in [5.41, 5.74) is 2.46. The topological polar surface area (TPSA) is 93.5 Å². The number of anilines is 1. The average Bonchev–Trinajstić information content (AvgIpc) is 3.51. The number of benzene rings is 1. The first-order chi connectivity index (χ1) is 15.0. The zero-order valence-corrected chi connectivity index (χ0v) is 17.2. The van der Waals surface area contributed by atoms with E-state index in [1.807, 2.05) is 30.3 Å². The molecule has 7 nitrogen and oxygen atoms in total. The van der Waals surface area contributed by atoms with Crippen LogP contribution in [-0.2, 0) is 16.6 Å². The lowest BCUT2D eigenvalue weighted by molar-refractivity contribution is -0.141. The molecule has 1 fully saturated rings. The number of aliphatic carboxylic acids is 1. The van der Waals surface area contributed by atoms with Crippen LogP contribution >= 0.6 is 0 Å². The van der Waals surface area contributed by atoms with E-state index < -0.39 is 17.5 Å². The molecule has 2 aromatic rings. The molecule has 0 spiro atoms. The van der Waals surface area contributed by atoms with Crippen LogP contribution in [0.15, 0.2) is 54.3 Å². The van der Waals surface area contributed by atoms with Crippen molar-refractivity contribution in [3.05, 3.63) is 59.8 Å². The Morgan fingerprint density at radius 3 is 2.68 bits per heavy atom. The van der Waals surface area contributed by atoms with E-state index in [4.69, 9.17) is 4.74 Å². The van der Waals surface area contributed by atoms with Gasteiger partial charge in [0.05, 0.1) is 6.20 Å². The zero-order valence-electron chi connectivity index (χ0n) is 17.2. The van der Waals surface area contributed by atoms with Crippen molar-refractivity contribution in [1.29, 1.82) is 0 Å². The van der Waals surface area contributed by atoms with Crippen LogP contribution in [0.3, 0.4) is 0 Å². The molecule has 0 atom stereocenters. The SMILES string of the molecule is Cn1ncc(-c2ccc(C#CC3(C(=O)O)CC3)cc2)c1NC(=O)OCC1=CCCC=C1. The largest absolute Gasteiger partial charge is 0.480 e. The van der Waals surface area contributed by atoms with Gasteiger partial charge in [-0.2, -0.15) is 5.10 Å². The number of carbonyl (C=O) groups excluding carboxylic acids is 1. The van der Waals surface area contributed by atoms with Crippen LogP contribution in [0.1, 0.15) is 31.2 Å². The summed E-state index contributed by atoms with van der Waals surface area (Å²) in [5.74, 6) is 5.51. The van der Waals surface area contributed by atoms with E-state index in [2.05, 4.69) is 34.4 Å². The van der Waals surface area contributed by atoms with E-state index in [9.17, 15) is 14.7 Å². The summed E-state index contributed by atoms with van der Waals surface area (Å²) in [6.45, 7) is 0.223. The lowest BCUT2D eigenvalue weighted by Gasteiger charge is -2.11. The number of rotatable bonds is 5. The molecular weight excluding hydrogens is 394 g/mol. The van der Waals surface area contributed by atoms with Gasteiger partial charge in [0.1, 0.15) is 17.8 Å². The summed E-state index contributed by atoms with van der Waals surface area (Å²) in [5, 5.41) is 16.2. The highest BCUT2D eigenvalue weighted by atomic mass is 16.5. The third-order valence-corrected chi connectivity index (χ3v) is 5.40. The average molecular weight is 417 g/mol. The Bertz CT molecular complexity index is 1130. The molecular formula is C24H23N3O4. The molecule has 0 bridgehead atoms. The summed E-state index contributed by atoms with van der Waals surface area (Å²) in [6.07, 6.45) is 10.4. The summed E-state index contributed by atoms with van der Waals surface area (Å²) in [4.78, 5) is 23.5. The molecule has 1 heterocycles. The monoisotopic (exact) mass is 417 g/mol. The number of aromatic nitrogens is 2. The number of aryl methyl sites for hydroxylation is 1. The quantitative estimate of drug-likeness (QED) is 0.714. The smallest absolute Gasteiger partial charge is 0.413 e. The van der Waals surface area contributed by atoms with Crippen molar-refractivity contribution < 1.29 is 19.4 Å². The van der Waals surface area contributed by atoms with Crippen LogP contribution in [0, 0.1) is 17.3 Å². The second-order valence-corrected chi connectivity index (χ2v) is 7.70. The molecule has 7 heteroatoms. The van der Waals surface area contributed by atoms with E-state index in [0.29, 0.717) is 18.7 Å². The predicted molar refractivity (Wildman–Crippen MR) is 116 cm³/mol. The number of carbonyl (C=O) groups is 2. The molecule has 0 radical (unpaired) electrons. The summed E-state index contributed by atoms with van der Waals surface area (Å²) >= 11 is 0. The minimum absolute atomic E-state index is 0.223. The first-order valence-electron chi connectivity index (χ1n) is 10.2. The molecule has 4 rings (SSSR count). The Hall–Kier alpha value is -3.79. The Labute approximate surface area is 180 Å². The molecule has 0 unspecified atom stereocenters. The van der Waals surface area contributed by atoms with Gasteiger partial charge in [-0.3, -0.25) is 14.8 Å². The summed E-state index contributed by atoms with van der Waals surface area (Å²) in [7, 11) is 1.74. The van der Waals surface area contributed by atoms with Crippen molar-refractivity contribution in [2.75, 3.05) is 11.9 Å². The van der Waals surface area contributed by atoms with E-state index >= 15 is 0 Å². The number of hydrogen-bond acceptors (Lipinski definition) is 4. The highest BCUT2D eigenvalue weighted by Crippen LogP contribution is 2.45. The predicted octanol–water partition coefficient (Wildman–Crippen LogP) is 4.13. The Kier molecular flexibility index (Phi) is 5.63. The lowest BCUT2D eigenvalue weighted by Crippen LogP contribution is -2.17. The molecule has 2 N–H and O–H groups in total. The number of allylic oxidation sites excluding steroid dienone is 2. The van der Waals surface area contributed by atoms with Crippen LogP contribution in [0.25, 0.3) is 11.1 Å². The first kappa shape index (κ1) is 20.5. The summed E-state index contributed by atoms with van der Waals surface area (Å²) < 4.78 is 6.91. The molecule has 31 heavy (non-hydrogen) atoms. The van der Waals surface area contributed by atoms with Gasteiger partial charge in [-0.15, -0.1) is 0 Å². The van der Waals surface area contributed by atoms with Gasteiger partial charge in [0.15, 0.2) is 0 Å². The molecule has 1 aromatic carbocycles. The van der Waals surface area contributed by atoms with Crippen LogP contribution in [-0.4, -0.2) is 33.6 Å². The van der Waals surface area contributed by atoms with Crippen molar-refractivity contribution >= 4 is 17.9 Å². The van der Waals surface area contributed by atoms with Gasteiger partial charge in [0.2, 0.25) is 0 Å². The van der Waals surface area contributed by atoms with Gasteiger partial charge >= 0.3 is 12.1 Å². The van der Waals surface area contributed by atoms with E-state index in [-0.39, 0.29) is 6.61 Å². The van der Waals surface area contributed by atoms with Crippen LogP contribution < -0.4 is 5.32 Å². The third-order valence-electron chi connectivity index (χ3n) is 5.40. The zero-order chi connectivity index (χ0) is 21.8. The molecule has 0 aliphatic heterocycles. The van der Waals surface area contributed by atoms with Crippen LogP contribution in [0.5, 0.6) is 0 Å². The van der Waals surface area contributed by atoms with Crippen molar-refractivity contribution in [2.24, 2.45) is 12.5 Å². The highest BCUT2D eigenvalue weighted by Gasteiger charge is 2.49. The fraction of sp³-hybridized carbons (Fsp3) is 0.292. The minimum Gasteiger partial charge on any atom is -0.480 e. The first-order valence-corrected chi connectivity index (χ1v) is 10.2. The van der Waals surface area contributed by atoms with Crippen molar-refractivity contribution in [1.82, 2.24) is 9.78 Å². The number of hydrogen-bond donors (Lipinski definition) is 2. The van der Waals surface area contributed by atoms with Crippen molar-refractivity contribution in [3.8, 4) is 23.0 Å². The molecule has 0 saturated heterocycles. The number of amides is 1. The Morgan fingerprint density at radius 2 is 2.03 bits per heavy atom. The number of carboxylic acids is 1. The van der Waals surface area contributed by atoms with Crippen molar-refractivity contribution in [2.45, 2.75) is 25.7 Å². The van der Waals surface area contributed by atoms with Gasteiger partial charge in [-0.05, 0) is 49.0 Å². The van der Waals surface area contributed by atoms with Crippen LogP contribution in [0.4, 0.5) is 10.6 Å². The minimum atomic E-state index is -0.872. The molecule has 2 aliphatic carbocycles. The van der Waals surface area contributed by atoms with E-state index in [1.165, 1.54) is 0 Å². The van der Waals surface area contributed by atoms with Gasteiger partial charge in [0, 0.05) is 18.2 Å². The maximum atomic E-state index is 12.3. The number of nitrogens with one attached hydrogen (secondary N) is 1. The number of carboxylic acid groups (broad SMARTS) is 1. The normalized spacial score (nSPS) is 16.0. The Morgan fingerprint density at radius 1 is 1.26 bits per heavy atom. The van der Waals surface area contributed by atoms with Crippen LogP contribution in [0.2, 0.25) is 0 Å².